The first-order chi connectivity index (χ1) is 15.3. The number of rotatable bonds is 9. The molecule has 1 aliphatic carbocycles. The molecule has 172 valence electrons. The van der Waals surface area contributed by atoms with Crippen molar-refractivity contribution in [3.8, 4) is 0 Å². The third-order valence-corrected chi connectivity index (χ3v) is 5.77. The third kappa shape index (κ3) is 6.92. The number of hydrogen-bond donors (Lipinski definition) is 1. The molecule has 0 unspecified atom stereocenters. The number of carbonyl (C=O) groups excluding carboxylic acids is 2. The van der Waals surface area contributed by atoms with Crippen LogP contribution in [0.5, 0.6) is 0 Å². The van der Waals surface area contributed by atoms with Gasteiger partial charge in [0.2, 0.25) is 0 Å². The summed E-state index contributed by atoms with van der Waals surface area (Å²) in [6, 6.07) is 19.1. The first-order valence-electron chi connectivity index (χ1n) is 11.5. The van der Waals surface area contributed by atoms with Crippen molar-refractivity contribution in [3.05, 3.63) is 71.8 Å². The Balaban J connectivity index is 1.74. The van der Waals surface area contributed by atoms with Crippen LogP contribution < -0.4 is 5.32 Å². The number of ether oxygens (including phenoxy) is 2. The van der Waals surface area contributed by atoms with Crippen molar-refractivity contribution in [2.45, 2.75) is 83.1 Å². The van der Waals surface area contributed by atoms with Crippen molar-refractivity contribution in [3.63, 3.8) is 0 Å². The molecule has 0 spiro atoms. The Bertz CT molecular complexity index is 868. The van der Waals surface area contributed by atoms with Gasteiger partial charge in [-0.3, -0.25) is 14.9 Å². The van der Waals surface area contributed by atoms with E-state index in [4.69, 9.17) is 9.47 Å². The van der Waals surface area contributed by atoms with E-state index < -0.39 is 17.2 Å². The third-order valence-electron chi connectivity index (χ3n) is 5.77. The minimum absolute atomic E-state index is 0.211. The smallest absolute Gasteiger partial charge is 0.326 e. The maximum Gasteiger partial charge on any atom is 0.326 e. The molecule has 0 radical (unpaired) electrons. The maximum absolute atomic E-state index is 13.2. The SMILES string of the molecule is CC(C)(C)OC(=O)C1(N[C@@H](CCc2ccccc2)C(=O)OCc2ccccc2)CCCC1. The second-order valence-corrected chi connectivity index (χ2v) is 9.61. The van der Waals surface area contributed by atoms with E-state index in [-0.39, 0.29) is 18.5 Å². The van der Waals surface area contributed by atoms with Crippen LogP contribution in [0, 0.1) is 0 Å². The highest BCUT2D eigenvalue weighted by atomic mass is 16.6. The van der Waals surface area contributed by atoms with Crippen LogP contribution in [0.4, 0.5) is 0 Å². The molecule has 0 amide bonds. The Hall–Kier alpha value is -2.66. The largest absolute Gasteiger partial charge is 0.460 e. The van der Waals surface area contributed by atoms with E-state index in [1.54, 1.807) is 0 Å². The van der Waals surface area contributed by atoms with Crippen molar-refractivity contribution in [2.75, 3.05) is 0 Å². The van der Waals surface area contributed by atoms with Gasteiger partial charge in [0.15, 0.2) is 0 Å². The van der Waals surface area contributed by atoms with Crippen LogP contribution in [0.25, 0.3) is 0 Å². The fraction of sp³-hybridized carbons (Fsp3) is 0.481. The molecule has 2 aromatic carbocycles. The lowest BCUT2D eigenvalue weighted by Gasteiger charge is -2.34. The lowest BCUT2D eigenvalue weighted by atomic mass is 9.94. The Morgan fingerprint density at radius 3 is 2.06 bits per heavy atom. The Kier molecular flexibility index (Phi) is 8.08. The zero-order valence-electron chi connectivity index (χ0n) is 19.4. The predicted octanol–water partition coefficient (Wildman–Crippen LogP) is 4.98. The van der Waals surface area contributed by atoms with Crippen LogP contribution in [0.15, 0.2) is 60.7 Å². The number of carbonyl (C=O) groups is 2. The van der Waals surface area contributed by atoms with Gasteiger partial charge in [0.1, 0.15) is 23.8 Å². The average Bonchev–Trinajstić information content (AvgIpc) is 3.25. The topological polar surface area (TPSA) is 64.6 Å². The van der Waals surface area contributed by atoms with E-state index in [1.807, 2.05) is 81.4 Å². The van der Waals surface area contributed by atoms with Crippen molar-refractivity contribution in [1.82, 2.24) is 5.32 Å². The van der Waals surface area contributed by atoms with Gasteiger partial charge in [-0.2, -0.15) is 0 Å². The molecule has 1 aliphatic rings. The second kappa shape index (κ2) is 10.8. The van der Waals surface area contributed by atoms with Crippen LogP contribution >= 0.6 is 0 Å². The molecule has 5 heteroatoms. The fourth-order valence-corrected chi connectivity index (χ4v) is 4.13. The molecule has 1 atom stereocenters. The number of aryl methyl sites for hydroxylation is 1. The van der Waals surface area contributed by atoms with Gasteiger partial charge in [0, 0.05) is 0 Å². The molecule has 0 heterocycles. The molecule has 0 aromatic heterocycles. The summed E-state index contributed by atoms with van der Waals surface area (Å²) in [5.41, 5.74) is 0.653. The Morgan fingerprint density at radius 2 is 1.50 bits per heavy atom. The molecule has 32 heavy (non-hydrogen) atoms. The molecule has 0 bridgehead atoms. The monoisotopic (exact) mass is 437 g/mol. The molecule has 1 saturated carbocycles. The van der Waals surface area contributed by atoms with Gasteiger partial charge in [-0.15, -0.1) is 0 Å². The normalized spacial score (nSPS) is 16.3. The van der Waals surface area contributed by atoms with Crippen molar-refractivity contribution < 1.29 is 19.1 Å². The van der Waals surface area contributed by atoms with Crippen LogP contribution in [-0.4, -0.2) is 29.1 Å². The summed E-state index contributed by atoms with van der Waals surface area (Å²) in [5.74, 6) is -0.609. The summed E-state index contributed by atoms with van der Waals surface area (Å²) in [4.78, 5) is 26.3. The molecule has 0 aliphatic heterocycles. The van der Waals surface area contributed by atoms with Crippen molar-refractivity contribution >= 4 is 11.9 Å². The number of hydrogen-bond acceptors (Lipinski definition) is 5. The van der Waals surface area contributed by atoms with Gasteiger partial charge >= 0.3 is 11.9 Å². The van der Waals surface area contributed by atoms with Gasteiger partial charge in [-0.1, -0.05) is 73.5 Å². The van der Waals surface area contributed by atoms with Crippen LogP contribution in [0.3, 0.4) is 0 Å². The molecule has 1 N–H and O–H groups in total. The van der Waals surface area contributed by atoms with E-state index in [9.17, 15) is 9.59 Å². The van der Waals surface area contributed by atoms with Crippen molar-refractivity contribution in [2.24, 2.45) is 0 Å². The number of nitrogens with one attached hydrogen (secondary N) is 1. The van der Waals surface area contributed by atoms with Crippen LogP contribution in [0.1, 0.15) is 64.0 Å². The summed E-state index contributed by atoms with van der Waals surface area (Å²) in [6.07, 6.45) is 4.43. The van der Waals surface area contributed by atoms with Gasteiger partial charge in [0.05, 0.1) is 0 Å². The number of esters is 2. The standard InChI is InChI=1S/C27H35NO4/c1-26(2,3)32-25(30)27(18-10-11-19-27)28-23(17-16-21-12-6-4-7-13-21)24(29)31-20-22-14-8-5-9-15-22/h4-9,12-15,23,28H,10-11,16-20H2,1-3H3/t23-/m0/s1. The summed E-state index contributed by atoms with van der Waals surface area (Å²) >= 11 is 0. The molecular weight excluding hydrogens is 402 g/mol. The minimum atomic E-state index is -0.847. The first kappa shape index (κ1) is 24.0. The van der Waals surface area contributed by atoms with Crippen LogP contribution in [-0.2, 0) is 32.1 Å². The molecule has 0 saturated heterocycles. The maximum atomic E-state index is 13.2. The second-order valence-electron chi connectivity index (χ2n) is 9.61. The highest BCUT2D eigenvalue weighted by molar-refractivity contribution is 5.84. The number of benzene rings is 2. The van der Waals surface area contributed by atoms with E-state index >= 15 is 0 Å². The van der Waals surface area contributed by atoms with Crippen LogP contribution in [0.2, 0.25) is 0 Å². The summed E-state index contributed by atoms with van der Waals surface area (Å²) in [7, 11) is 0. The molecular formula is C27H35NO4. The van der Waals surface area contributed by atoms with Crippen molar-refractivity contribution in [1.29, 1.82) is 0 Å². The average molecular weight is 438 g/mol. The Labute approximate surface area is 191 Å². The zero-order valence-corrected chi connectivity index (χ0v) is 19.4. The molecule has 3 rings (SSSR count). The summed E-state index contributed by atoms with van der Waals surface area (Å²) < 4.78 is 11.4. The lowest BCUT2D eigenvalue weighted by molar-refractivity contribution is -0.164. The van der Waals surface area contributed by atoms with Gasteiger partial charge in [-0.05, 0) is 57.6 Å². The van der Waals surface area contributed by atoms with E-state index in [1.165, 1.54) is 0 Å². The van der Waals surface area contributed by atoms with E-state index in [0.717, 1.165) is 24.0 Å². The minimum Gasteiger partial charge on any atom is -0.460 e. The van der Waals surface area contributed by atoms with Gasteiger partial charge < -0.3 is 9.47 Å². The first-order valence-corrected chi connectivity index (χ1v) is 11.5. The molecule has 1 fully saturated rings. The van der Waals surface area contributed by atoms with E-state index in [0.29, 0.717) is 25.7 Å². The Morgan fingerprint density at radius 1 is 0.938 bits per heavy atom. The summed E-state index contributed by atoms with van der Waals surface area (Å²) in [5, 5.41) is 3.41. The fourth-order valence-electron chi connectivity index (χ4n) is 4.13. The highest BCUT2D eigenvalue weighted by Gasteiger charge is 2.46. The predicted molar refractivity (Wildman–Crippen MR) is 125 cm³/mol. The quantitative estimate of drug-likeness (QED) is 0.561. The summed E-state index contributed by atoms with van der Waals surface area (Å²) in [6.45, 7) is 5.82. The lowest BCUT2D eigenvalue weighted by Crippen LogP contribution is -2.58. The van der Waals surface area contributed by atoms with E-state index in [2.05, 4.69) is 5.32 Å². The highest BCUT2D eigenvalue weighted by Crippen LogP contribution is 2.33. The molecule has 2 aromatic rings. The zero-order chi connectivity index (χ0) is 23.0. The van der Waals surface area contributed by atoms with Gasteiger partial charge in [-0.25, -0.2) is 0 Å². The molecule has 5 nitrogen and oxygen atoms in total. The van der Waals surface area contributed by atoms with Gasteiger partial charge in [0.25, 0.3) is 0 Å².